The van der Waals surface area contributed by atoms with Crippen molar-refractivity contribution in [3.8, 4) is 0 Å². The molecule has 6 heteroatoms. The van der Waals surface area contributed by atoms with Crippen molar-refractivity contribution in [3.05, 3.63) is 53.3 Å². The first-order valence-electron chi connectivity index (χ1n) is 6.95. The average Bonchev–Trinajstić information content (AvgIpc) is 2.52. The predicted molar refractivity (Wildman–Crippen MR) is 88.6 cm³/mol. The van der Waals surface area contributed by atoms with E-state index in [1.54, 1.807) is 43.6 Å². The molecule has 2 rings (SSSR count). The summed E-state index contributed by atoms with van der Waals surface area (Å²) in [7, 11) is 1.68. The Kier molecular flexibility index (Phi) is 6.18. The fourth-order valence-electron chi connectivity index (χ4n) is 1.84. The molecule has 1 amide bonds. The van der Waals surface area contributed by atoms with Crippen LogP contribution in [-0.2, 0) is 4.74 Å². The normalized spacial score (nSPS) is 10.3. The highest BCUT2D eigenvalue weighted by atomic mass is 35.5. The molecule has 0 saturated heterocycles. The van der Waals surface area contributed by atoms with Crippen molar-refractivity contribution < 1.29 is 9.53 Å². The van der Waals surface area contributed by atoms with Gasteiger partial charge in [0.15, 0.2) is 0 Å². The third-order valence-corrected chi connectivity index (χ3v) is 3.17. The van der Waals surface area contributed by atoms with Crippen molar-refractivity contribution in [1.82, 2.24) is 4.98 Å². The van der Waals surface area contributed by atoms with E-state index in [-0.39, 0.29) is 5.91 Å². The zero-order chi connectivity index (χ0) is 15.8. The topological polar surface area (TPSA) is 63.2 Å². The second-order valence-electron chi connectivity index (χ2n) is 4.67. The summed E-state index contributed by atoms with van der Waals surface area (Å²) in [5.41, 5.74) is 1.86. The van der Waals surface area contributed by atoms with Gasteiger partial charge in [0.2, 0.25) is 0 Å². The number of amides is 1. The van der Waals surface area contributed by atoms with Gasteiger partial charge >= 0.3 is 0 Å². The zero-order valence-corrected chi connectivity index (χ0v) is 13.1. The molecule has 0 fully saturated rings. The Bertz CT molecular complexity index is 617. The minimum absolute atomic E-state index is 0.270. The molecular formula is C16H18ClN3O2. The van der Waals surface area contributed by atoms with Gasteiger partial charge in [-0.2, -0.15) is 0 Å². The highest BCUT2D eigenvalue weighted by Gasteiger charge is 2.07. The Hall–Kier alpha value is -2.11. The number of aromatic nitrogens is 1. The van der Waals surface area contributed by atoms with Gasteiger partial charge in [0.25, 0.3) is 5.91 Å². The summed E-state index contributed by atoms with van der Waals surface area (Å²) in [4.78, 5) is 16.2. The molecule has 0 spiro atoms. The number of nitrogens with zero attached hydrogens (tertiary/aromatic N) is 1. The first-order chi connectivity index (χ1) is 10.7. The van der Waals surface area contributed by atoms with Gasteiger partial charge in [0, 0.05) is 31.0 Å². The second kappa shape index (κ2) is 8.36. The number of pyridine rings is 1. The summed E-state index contributed by atoms with van der Waals surface area (Å²) in [6.07, 6.45) is 2.55. The van der Waals surface area contributed by atoms with E-state index in [1.165, 1.54) is 0 Å². The number of hydrogen-bond donors (Lipinski definition) is 2. The van der Waals surface area contributed by atoms with Gasteiger partial charge in [-0.1, -0.05) is 17.7 Å². The molecule has 0 atom stereocenters. The molecular weight excluding hydrogens is 302 g/mol. The van der Waals surface area contributed by atoms with Gasteiger partial charge in [0.1, 0.15) is 5.69 Å². The number of benzene rings is 1. The molecule has 0 saturated carbocycles. The van der Waals surface area contributed by atoms with Crippen LogP contribution in [0.2, 0.25) is 5.02 Å². The molecule has 1 heterocycles. The van der Waals surface area contributed by atoms with E-state index in [1.807, 2.05) is 6.07 Å². The van der Waals surface area contributed by atoms with Gasteiger partial charge in [0.05, 0.1) is 11.9 Å². The molecule has 5 nitrogen and oxygen atoms in total. The van der Waals surface area contributed by atoms with Crippen LogP contribution in [-0.4, -0.2) is 31.2 Å². The Morgan fingerprint density at radius 2 is 2.14 bits per heavy atom. The largest absolute Gasteiger partial charge is 0.385 e. The number of carbonyl (C=O) groups excluding carboxylic acids is 1. The van der Waals surface area contributed by atoms with Gasteiger partial charge in [-0.3, -0.25) is 4.79 Å². The molecule has 0 unspecified atom stereocenters. The van der Waals surface area contributed by atoms with Crippen LogP contribution in [0.15, 0.2) is 42.6 Å². The summed E-state index contributed by atoms with van der Waals surface area (Å²) >= 11 is 5.88. The van der Waals surface area contributed by atoms with Gasteiger partial charge in [-0.05, 0) is 36.8 Å². The highest BCUT2D eigenvalue weighted by molar-refractivity contribution is 6.30. The number of hydrogen-bond acceptors (Lipinski definition) is 4. The lowest BCUT2D eigenvalue weighted by molar-refractivity contribution is 0.102. The summed E-state index contributed by atoms with van der Waals surface area (Å²) in [5, 5.41) is 6.54. The van der Waals surface area contributed by atoms with Crippen LogP contribution in [0.3, 0.4) is 0 Å². The molecule has 2 N–H and O–H groups in total. The van der Waals surface area contributed by atoms with Crippen LogP contribution < -0.4 is 10.6 Å². The van der Waals surface area contributed by atoms with E-state index < -0.39 is 0 Å². The Balaban J connectivity index is 1.90. The number of methoxy groups -OCH3 is 1. The molecule has 1 aromatic carbocycles. The molecule has 0 bridgehead atoms. The first-order valence-corrected chi connectivity index (χ1v) is 7.32. The van der Waals surface area contributed by atoms with Crippen molar-refractivity contribution in [2.45, 2.75) is 6.42 Å². The fourth-order valence-corrected chi connectivity index (χ4v) is 2.03. The van der Waals surface area contributed by atoms with Crippen LogP contribution in [0.5, 0.6) is 0 Å². The van der Waals surface area contributed by atoms with Crippen LogP contribution in [0.25, 0.3) is 0 Å². The van der Waals surface area contributed by atoms with Gasteiger partial charge < -0.3 is 15.4 Å². The van der Waals surface area contributed by atoms with Crippen molar-refractivity contribution in [3.63, 3.8) is 0 Å². The lowest BCUT2D eigenvalue weighted by Gasteiger charge is -2.07. The maximum atomic E-state index is 12.1. The number of anilines is 2. The monoisotopic (exact) mass is 319 g/mol. The van der Waals surface area contributed by atoms with Crippen molar-refractivity contribution >= 4 is 28.9 Å². The number of halogens is 1. The number of carbonyl (C=O) groups is 1. The second-order valence-corrected chi connectivity index (χ2v) is 5.11. The van der Waals surface area contributed by atoms with Crippen LogP contribution in [0, 0.1) is 0 Å². The summed E-state index contributed by atoms with van der Waals surface area (Å²) in [6, 6.07) is 10.5. The quantitative estimate of drug-likeness (QED) is 0.767. The smallest absolute Gasteiger partial charge is 0.274 e. The van der Waals surface area contributed by atoms with E-state index in [4.69, 9.17) is 16.3 Å². The first kappa shape index (κ1) is 16.3. The third kappa shape index (κ3) is 5.02. The number of ether oxygens (including phenoxy) is 1. The van der Waals surface area contributed by atoms with Crippen molar-refractivity contribution in [2.24, 2.45) is 0 Å². The highest BCUT2D eigenvalue weighted by Crippen LogP contribution is 2.16. The van der Waals surface area contributed by atoms with E-state index in [9.17, 15) is 4.79 Å². The molecule has 2 aromatic rings. The van der Waals surface area contributed by atoms with Crippen LogP contribution in [0.4, 0.5) is 11.4 Å². The molecule has 0 aliphatic heterocycles. The van der Waals surface area contributed by atoms with Crippen molar-refractivity contribution in [2.75, 3.05) is 30.9 Å². The third-order valence-electron chi connectivity index (χ3n) is 2.93. The summed E-state index contributed by atoms with van der Waals surface area (Å²) in [6.45, 7) is 1.50. The van der Waals surface area contributed by atoms with Gasteiger partial charge in [-0.15, -0.1) is 0 Å². The predicted octanol–water partition coefficient (Wildman–Crippen LogP) is 3.44. The Morgan fingerprint density at radius 1 is 1.27 bits per heavy atom. The summed E-state index contributed by atoms with van der Waals surface area (Å²) < 4.78 is 4.98. The maximum absolute atomic E-state index is 12.1. The van der Waals surface area contributed by atoms with E-state index >= 15 is 0 Å². The maximum Gasteiger partial charge on any atom is 0.274 e. The molecule has 116 valence electrons. The standard InChI is InChI=1S/C16H18ClN3O2/c1-22-9-3-8-18-14-6-7-15(19-11-14)16(21)20-13-5-2-4-12(17)10-13/h2,4-7,10-11,18H,3,8-9H2,1H3,(H,20,21). The minimum atomic E-state index is -0.270. The number of rotatable bonds is 7. The van der Waals surface area contributed by atoms with Crippen molar-refractivity contribution in [1.29, 1.82) is 0 Å². The molecule has 0 aliphatic carbocycles. The average molecular weight is 320 g/mol. The fraction of sp³-hybridized carbons (Fsp3) is 0.250. The molecule has 0 radical (unpaired) electrons. The van der Waals surface area contributed by atoms with Crippen LogP contribution >= 0.6 is 11.6 Å². The Morgan fingerprint density at radius 3 is 2.82 bits per heavy atom. The van der Waals surface area contributed by atoms with Gasteiger partial charge in [-0.25, -0.2) is 4.98 Å². The SMILES string of the molecule is COCCCNc1ccc(C(=O)Nc2cccc(Cl)c2)nc1. The molecule has 22 heavy (non-hydrogen) atoms. The molecule has 0 aliphatic rings. The zero-order valence-electron chi connectivity index (χ0n) is 12.3. The van der Waals surface area contributed by atoms with E-state index in [0.29, 0.717) is 23.0 Å². The van der Waals surface area contributed by atoms with E-state index in [2.05, 4.69) is 15.6 Å². The number of nitrogens with one attached hydrogen (secondary N) is 2. The lowest BCUT2D eigenvalue weighted by Crippen LogP contribution is -2.14. The minimum Gasteiger partial charge on any atom is -0.385 e. The molecule has 1 aromatic heterocycles. The lowest BCUT2D eigenvalue weighted by atomic mass is 10.3. The van der Waals surface area contributed by atoms with Crippen LogP contribution in [0.1, 0.15) is 16.9 Å². The van der Waals surface area contributed by atoms with E-state index in [0.717, 1.165) is 18.7 Å². The summed E-state index contributed by atoms with van der Waals surface area (Å²) in [5.74, 6) is -0.270. The Labute approximate surface area is 134 Å².